The quantitative estimate of drug-likeness (QED) is 0.788. The number of hydrogen-bond acceptors (Lipinski definition) is 4. The van der Waals surface area contributed by atoms with E-state index in [2.05, 4.69) is 22.5 Å². The smallest absolute Gasteiger partial charge is 0.241 e. The van der Waals surface area contributed by atoms with Gasteiger partial charge in [-0.05, 0) is 31.9 Å². The van der Waals surface area contributed by atoms with Gasteiger partial charge in [0.25, 0.3) is 0 Å². The molecule has 0 bridgehead atoms. The molecule has 2 atom stereocenters. The average molecular weight is 247 g/mol. The van der Waals surface area contributed by atoms with E-state index in [0.717, 1.165) is 13.0 Å². The number of aromatic nitrogens is 1. The van der Waals surface area contributed by atoms with E-state index in [1.807, 2.05) is 0 Å². The lowest BCUT2D eigenvalue weighted by molar-refractivity contribution is -0.117. The Balaban J connectivity index is 2.03. The fourth-order valence-electron chi connectivity index (χ4n) is 2.04. The molecule has 18 heavy (non-hydrogen) atoms. The van der Waals surface area contributed by atoms with E-state index in [4.69, 9.17) is 0 Å². The molecular formula is C13H17N3O2. The summed E-state index contributed by atoms with van der Waals surface area (Å²) < 4.78 is 0. The maximum absolute atomic E-state index is 12.0. The molecule has 2 N–H and O–H groups in total. The molecule has 1 aliphatic heterocycles. The number of anilines is 1. The van der Waals surface area contributed by atoms with Gasteiger partial charge in [0.2, 0.25) is 5.91 Å². The number of rotatable bonds is 3. The normalized spacial score (nSPS) is 22.8. The van der Waals surface area contributed by atoms with Crippen molar-refractivity contribution in [3.05, 3.63) is 24.0 Å². The Morgan fingerprint density at radius 3 is 2.83 bits per heavy atom. The van der Waals surface area contributed by atoms with Crippen LogP contribution >= 0.6 is 0 Å². The van der Waals surface area contributed by atoms with Crippen molar-refractivity contribution in [2.75, 3.05) is 11.9 Å². The third-order valence-corrected chi connectivity index (χ3v) is 3.08. The highest BCUT2D eigenvalue weighted by Gasteiger charge is 2.26. The van der Waals surface area contributed by atoms with Crippen LogP contribution in [-0.4, -0.2) is 29.3 Å². The van der Waals surface area contributed by atoms with Gasteiger partial charge in [-0.3, -0.25) is 14.6 Å². The van der Waals surface area contributed by atoms with Crippen LogP contribution in [0.25, 0.3) is 0 Å². The van der Waals surface area contributed by atoms with Crippen molar-refractivity contribution in [2.45, 2.75) is 26.3 Å². The zero-order valence-corrected chi connectivity index (χ0v) is 10.6. The molecule has 5 nitrogen and oxygen atoms in total. The molecule has 0 aliphatic carbocycles. The summed E-state index contributed by atoms with van der Waals surface area (Å²) in [7, 11) is 0. The Kier molecular flexibility index (Phi) is 3.72. The second-order valence-corrected chi connectivity index (χ2v) is 4.81. The fourth-order valence-corrected chi connectivity index (χ4v) is 2.04. The van der Waals surface area contributed by atoms with Gasteiger partial charge >= 0.3 is 0 Å². The summed E-state index contributed by atoms with van der Waals surface area (Å²) in [5.41, 5.74) is 1.06. The first-order valence-electron chi connectivity index (χ1n) is 6.06. The van der Waals surface area contributed by atoms with Gasteiger partial charge in [0.05, 0.1) is 17.9 Å². The van der Waals surface area contributed by atoms with Crippen LogP contribution in [0.5, 0.6) is 0 Å². The maximum Gasteiger partial charge on any atom is 0.241 e. The largest absolute Gasteiger partial charge is 0.323 e. The van der Waals surface area contributed by atoms with Crippen LogP contribution in [0.2, 0.25) is 0 Å². The SMILES string of the molecule is CC(=O)c1cncc(NC(=O)C2CC(C)CN2)c1. The van der Waals surface area contributed by atoms with E-state index in [1.165, 1.54) is 13.1 Å². The van der Waals surface area contributed by atoms with Crippen molar-refractivity contribution < 1.29 is 9.59 Å². The van der Waals surface area contributed by atoms with Crippen molar-refractivity contribution in [3.8, 4) is 0 Å². The second-order valence-electron chi connectivity index (χ2n) is 4.81. The summed E-state index contributed by atoms with van der Waals surface area (Å²) in [6.45, 7) is 4.45. The minimum Gasteiger partial charge on any atom is -0.323 e. The first kappa shape index (κ1) is 12.7. The highest BCUT2D eigenvalue weighted by molar-refractivity contribution is 5.98. The molecule has 1 fully saturated rings. The zero-order chi connectivity index (χ0) is 13.1. The molecule has 5 heteroatoms. The minimum absolute atomic E-state index is 0.0637. The zero-order valence-electron chi connectivity index (χ0n) is 10.6. The highest BCUT2D eigenvalue weighted by atomic mass is 16.2. The van der Waals surface area contributed by atoms with E-state index in [9.17, 15) is 9.59 Å². The van der Waals surface area contributed by atoms with Crippen molar-refractivity contribution in [3.63, 3.8) is 0 Å². The molecule has 0 saturated carbocycles. The summed E-state index contributed by atoms with van der Waals surface area (Å²) in [5, 5.41) is 5.95. The van der Waals surface area contributed by atoms with E-state index in [0.29, 0.717) is 17.2 Å². The lowest BCUT2D eigenvalue weighted by Crippen LogP contribution is -2.35. The van der Waals surface area contributed by atoms with Crippen LogP contribution in [0, 0.1) is 5.92 Å². The Morgan fingerprint density at radius 2 is 2.22 bits per heavy atom. The van der Waals surface area contributed by atoms with E-state index in [-0.39, 0.29) is 17.7 Å². The Hall–Kier alpha value is -1.75. The third-order valence-electron chi connectivity index (χ3n) is 3.08. The number of pyridine rings is 1. The van der Waals surface area contributed by atoms with Crippen LogP contribution in [0.15, 0.2) is 18.5 Å². The van der Waals surface area contributed by atoms with Gasteiger partial charge in [-0.25, -0.2) is 0 Å². The van der Waals surface area contributed by atoms with E-state index >= 15 is 0 Å². The van der Waals surface area contributed by atoms with Crippen molar-refractivity contribution in [1.29, 1.82) is 0 Å². The van der Waals surface area contributed by atoms with Gasteiger partial charge in [-0.15, -0.1) is 0 Å². The van der Waals surface area contributed by atoms with Crippen LogP contribution in [0.1, 0.15) is 30.6 Å². The average Bonchev–Trinajstić information content (AvgIpc) is 2.76. The molecule has 96 valence electrons. The predicted molar refractivity (Wildman–Crippen MR) is 68.4 cm³/mol. The van der Waals surface area contributed by atoms with Gasteiger partial charge in [0, 0.05) is 11.8 Å². The number of amides is 1. The topological polar surface area (TPSA) is 71.1 Å². The number of carbonyl (C=O) groups is 2. The summed E-state index contributed by atoms with van der Waals surface area (Å²) in [5.74, 6) is 0.385. The molecule has 1 aromatic rings. The summed E-state index contributed by atoms with van der Waals surface area (Å²) >= 11 is 0. The standard InChI is InChI=1S/C13H17N3O2/c1-8-3-12(15-5-8)13(18)16-11-4-10(9(2)17)6-14-7-11/h4,6-8,12,15H,3,5H2,1-2H3,(H,16,18). The third kappa shape index (κ3) is 2.92. The molecular weight excluding hydrogens is 230 g/mol. The Labute approximate surface area is 106 Å². The molecule has 1 amide bonds. The van der Waals surface area contributed by atoms with Crippen molar-refractivity contribution >= 4 is 17.4 Å². The Morgan fingerprint density at radius 1 is 1.44 bits per heavy atom. The molecule has 2 heterocycles. The molecule has 1 aliphatic rings. The molecule has 2 unspecified atom stereocenters. The first-order chi connectivity index (χ1) is 8.56. The first-order valence-corrected chi connectivity index (χ1v) is 6.06. The van der Waals surface area contributed by atoms with Crippen molar-refractivity contribution in [1.82, 2.24) is 10.3 Å². The van der Waals surface area contributed by atoms with Crippen LogP contribution < -0.4 is 10.6 Å². The number of ketones is 1. The van der Waals surface area contributed by atoms with Gasteiger partial charge in [-0.1, -0.05) is 6.92 Å². The van der Waals surface area contributed by atoms with Gasteiger partial charge in [0.15, 0.2) is 5.78 Å². The van der Waals surface area contributed by atoms with Gasteiger partial charge in [-0.2, -0.15) is 0 Å². The fraction of sp³-hybridized carbons (Fsp3) is 0.462. The lowest BCUT2D eigenvalue weighted by Gasteiger charge is -2.11. The number of nitrogens with one attached hydrogen (secondary N) is 2. The number of Topliss-reactive ketones (excluding diaryl/α,β-unsaturated/α-hetero) is 1. The van der Waals surface area contributed by atoms with Gasteiger partial charge in [0.1, 0.15) is 0 Å². The Bertz CT molecular complexity index is 473. The predicted octanol–water partition coefficient (Wildman–Crippen LogP) is 1.22. The minimum atomic E-state index is -0.152. The second kappa shape index (κ2) is 5.27. The number of hydrogen-bond donors (Lipinski definition) is 2. The summed E-state index contributed by atoms with van der Waals surface area (Å²) in [6.07, 6.45) is 3.88. The van der Waals surface area contributed by atoms with Crippen molar-refractivity contribution in [2.24, 2.45) is 5.92 Å². The maximum atomic E-state index is 12.0. The molecule has 0 radical (unpaired) electrons. The van der Waals surface area contributed by atoms with E-state index < -0.39 is 0 Å². The summed E-state index contributed by atoms with van der Waals surface area (Å²) in [6, 6.07) is 1.49. The monoisotopic (exact) mass is 247 g/mol. The lowest BCUT2D eigenvalue weighted by atomic mass is 10.1. The van der Waals surface area contributed by atoms with Crippen LogP contribution in [0.3, 0.4) is 0 Å². The summed E-state index contributed by atoms with van der Waals surface area (Å²) in [4.78, 5) is 27.1. The molecule has 0 aromatic carbocycles. The molecule has 1 saturated heterocycles. The molecule has 2 rings (SSSR count). The number of carbonyl (C=O) groups excluding carboxylic acids is 2. The van der Waals surface area contributed by atoms with E-state index in [1.54, 1.807) is 12.3 Å². The highest BCUT2D eigenvalue weighted by Crippen LogP contribution is 2.15. The van der Waals surface area contributed by atoms with Crippen LogP contribution in [0.4, 0.5) is 5.69 Å². The molecule has 1 aromatic heterocycles. The van der Waals surface area contributed by atoms with Gasteiger partial charge < -0.3 is 10.6 Å². The molecule has 0 spiro atoms. The van der Waals surface area contributed by atoms with Crippen LogP contribution in [-0.2, 0) is 4.79 Å². The number of nitrogens with zero attached hydrogens (tertiary/aromatic N) is 1.